The second-order valence-corrected chi connectivity index (χ2v) is 2.41. The second-order valence-electron chi connectivity index (χ2n) is 2.41. The molecular formula is C8H11N3O2. The molecule has 13 heavy (non-hydrogen) atoms. The van der Waals surface area contributed by atoms with Crippen LogP contribution in [0, 0.1) is 6.92 Å². The molecule has 1 aromatic rings. The number of nitrogens with one attached hydrogen (secondary N) is 1. The molecule has 0 spiro atoms. The van der Waals surface area contributed by atoms with E-state index in [0.717, 1.165) is 0 Å². The lowest BCUT2D eigenvalue weighted by molar-refractivity contribution is 0.0954. The first kappa shape index (κ1) is 9.44. The van der Waals surface area contributed by atoms with Crippen molar-refractivity contribution in [2.75, 3.05) is 14.2 Å². The summed E-state index contributed by atoms with van der Waals surface area (Å²) in [5.74, 6) is 0.645. The molecule has 0 aliphatic heterocycles. The SMILES string of the molecule is CNC(=O)c1nc(C)ncc1OC. The smallest absolute Gasteiger partial charge is 0.273 e. The predicted octanol–water partition coefficient (Wildman–Crippen LogP) is 0.153. The van der Waals surface area contributed by atoms with Crippen molar-refractivity contribution < 1.29 is 9.53 Å². The van der Waals surface area contributed by atoms with E-state index in [9.17, 15) is 4.79 Å². The van der Waals surface area contributed by atoms with Gasteiger partial charge in [-0.25, -0.2) is 9.97 Å². The number of rotatable bonds is 2. The predicted molar refractivity (Wildman–Crippen MR) is 46.7 cm³/mol. The highest BCUT2D eigenvalue weighted by Crippen LogP contribution is 2.13. The highest BCUT2D eigenvalue weighted by molar-refractivity contribution is 5.94. The molecular weight excluding hydrogens is 170 g/mol. The van der Waals surface area contributed by atoms with Gasteiger partial charge in [0.05, 0.1) is 13.3 Å². The molecule has 0 aliphatic carbocycles. The van der Waals surface area contributed by atoms with Crippen molar-refractivity contribution in [1.82, 2.24) is 15.3 Å². The molecule has 0 aliphatic rings. The van der Waals surface area contributed by atoms with E-state index in [-0.39, 0.29) is 11.6 Å². The van der Waals surface area contributed by atoms with Crippen LogP contribution < -0.4 is 10.1 Å². The molecule has 1 aromatic heterocycles. The molecule has 0 saturated heterocycles. The average molecular weight is 181 g/mol. The van der Waals surface area contributed by atoms with Crippen LogP contribution in [-0.2, 0) is 0 Å². The van der Waals surface area contributed by atoms with Gasteiger partial charge < -0.3 is 10.1 Å². The Hall–Kier alpha value is -1.65. The summed E-state index contributed by atoms with van der Waals surface area (Å²) in [5.41, 5.74) is 0.262. The van der Waals surface area contributed by atoms with Crippen molar-refractivity contribution in [2.45, 2.75) is 6.92 Å². The standard InChI is InChI=1S/C8H11N3O2/c1-5-10-4-6(13-3)7(11-5)8(12)9-2/h4H,1-3H3,(H,9,12). The molecule has 0 aromatic carbocycles. The fourth-order valence-corrected chi connectivity index (χ4v) is 0.889. The van der Waals surface area contributed by atoms with Crippen molar-refractivity contribution in [3.8, 4) is 5.75 Å². The number of nitrogens with zero attached hydrogens (tertiary/aromatic N) is 2. The minimum Gasteiger partial charge on any atom is -0.493 e. The van der Waals surface area contributed by atoms with Gasteiger partial charge in [-0.05, 0) is 6.92 Å². The highest BCUT2D eigenvalue weighted by atomic mass is 16.5. The van der Waals surface area contributed by atoms with Gasteiger partial charge in [-0.15, -0.1) is 0 Å². The number of hydrogen-bond acceptors (Lipinski definition) is 4. The van der Waals surface area contributed by atoms with Crippen LogP contribution in [0.1, 0.15) is 16.3 Å². The third-order valence-electron chi connectivity index (χ3n) is 1.54. The summed E-state index contributed by atoms with van der Waals surface area (Å²) >= 11 is 0. The lowest BCUT2D eigenvalue weighted by Crippen LogP contribution is -2.20. The zero-order chi connectivity index (χ0) is 9.84. The maximum atomic E-state index is 11.3. The molecule has 0 bridgehead atoms. The number of aryl methyl sites for hydroxylation is 1. The quantitative estimate of drug-likeness (QED) is 0.705. The fourth-order valence-electron chi connectivity index (χ4n) is 0.889. The van der Waals surface area contributed by atoms with Crippen molar-refractivity contribution in [2.24, 2.45) is 0 Å². The van der Waals surface area contributed by atoms with Crippen LogP contribution in [-0.4, -0.2) is 30.0 Å². The van der Waals surface area contributed by atoms with E-state index in [2.05, 4.69) is 15.3 Å². The Morgan fingerprint density at radius 3 is 2.85 bits per heavy atom. The van der Waals surface area contributed by atoms with E-state index >= 15 is 0 Å². The largest absolute Gasteiger partial charge is 0.493 e. The monoisotopic (exact) mass is 181 g/mol. The van der Waals surface area contributed by atoms with Gasteiger partial charge in [0.1, 0.15) is 5.82 Å². The molecule has 0 atom stereocenters. The first-order chi connectivity index (χ1) is 6.19. The molecule has 70 valence electrons. The van der Waals surface area contributed by atoms with E-state index in [1.54, 1.807) is 14.0 Å². The highest BCUT2D eigenvalue weighted by Gasteiger charge is 2.12. The normalized spacial score (nSPS) is 9.46. The number of aromatic nitrogens is 2. The molecule has 1 heterocycles. The second kappa shape index (κ2) is 3.84. The Morgan fingerprint density at radius 1 is 1.62 bits per heavy atom. The lowest BCUT2D eigenvalue weighted by atomic mass is 10.3. The van der Waals surface area contributed by atoms with Crippen LogP contribution in [0.15, 0.2) is 6.20 Å². The molecule has 5 heteroatoms. The summed E-state index contributed by atoms with van der Waals surface area (Å²) in [6, 6.07) is 0. The van der Waals surface area contributed by atoms with Gasteiger partial charge in [0.15, 0.2) is 11.4 Å². The molecule has 1 N–H and O–H groups in total. The number of carbonyl (C=O) groups is 1. The Bertz CT molecular complexity index is 325. The molecule has 0 fully saturated rings. The van der Waals surface area contributed by atoms with Crippen LogP contribution in [0.25, 0.3) is 0 Å². The van der Waals surface area contributed by atoms with Crippen LogP contribution in [0.4, 0.5) is 0 Å². The van der Waals surface area contributed by atoms with E-state index in [4.69, 9.17) is 4.74 Å². The molecule has 5 nitrogen and oxygen atoms in total. The summed E-state index contributed by atoms with van der Waals surface area (Å²) in [6.07, 6.45) is 1.48. The van der Waals surface area contributed by atoms with Gasteiger partial charge in [0.25, 0.3) is 5.91 Å². The molecule has 0 saturated carbocycles. The van der Waals surface area contributed by atoms with E-state index < -0.39 is 0 Å². The van der Waals surface area contributed by atoms with Crippen molar-refractivity contribution in [3.63, 3.8) is 0 Å². The molecule has 1 rings (SSSR count). The van der Waals surface area contributed by atoms with Gasteiger partial charge in [0, 0.05) is 7.05 Å². The van der Waals surface area contributed by atoms with Crippen molar-refractivity contribution in [1.29, 1.82) is 0 Å². The Morgan fingerprint density at radius 2 is 2.31 bits per heavy atom. The summed E-state index contributed by atoms with van der Waals surface area (Å²) in [6.45, 7) is 1.71. The van der Waals surface area contributed by atoms with Crippen LogP contribution in [0.2, 0.25) is 0 Å². The van der Waals surface area contributed by atoms with Crippen molar-refractivity contribution in [3.05, 3.63) is 17.7 Å². The van der Waals surface area contributed by atoms with Gasteiger partial charge in [-0.1, -0.05) is 0 Å². The fraction of sp³-hybridized carbons (Fsp3) is 0.375. The van der Waals surface area contributed by atoms with Gasteiger partial charge in [-0.2, -0.15) is 0 Å². The number of hydrogen-bond donors (Lipinski definition) is 1. The Balaban J connectivity index is 3.15. The topological polar surface area (TPSA) is 64.1 Å². The first-order valence-corrected chi connectivity index (χ1v) is 3.78. The number of amides is 1. The Labute approximate surface area is 76.2 Å². The summed E-state index contributed by atoms with van der Waals surface area (Å²) < 4.78 is 4.94. The van der Waals surface area contributed by atoms with E-state index in [1.807, 2.05) is 0 Å². The zero-order valence-electron chi connectivity index (χ0n) is 7.79. The van der Waals surface area contributed by atoms with Gasteiger partial charge in [0.2, 0.25) is 0 Å². The minimum atomic E-state index is -0.276. The Kier molecular flexibility index (Phi) is 2.79. The van der Waals surface area contributed by atoms with E-state index in [1.165, 1.54) is 13.3 Å². The maximum absolute atomic E-state index is 11.3. The molecule has 0 unspecified atom stereocenters. The van der Waals surface area contributed by atoms with Crippen LogP contribution in [0.3, 0.4) is 0 Å². The van der Waals surface area contributed by atoms with Crippen LogP contribution >= 0.6 is 0 Å². The summed E-state index contributed by atoms with van der Waals surface area (Å²) in [5, 5.41) is 2.47. The summed E-state index contributed by atoms with van der Waals surface area (Å²) in [4.78, 5) is 19.1. The minimum absolute atomic E-state index is 0.262. The summed E-state index contributed by atoms with van der Waals surface area (Å²) in [7, 11) is 3.01. The average Bonchev–Trinajstić information content (AvgIpc) is 2.16. The third-order valence-corrected chi connectivity index (χ3v) is 1.54. The molecule has 0 radical (unpaired) electrons. The third kappa shape index (κ3) is 1.93. The number of methoxy groups -OCH3 is 1. The van der Waals surface area contributed by atoms with Crippen molar-refractivity contribution >= 4 is 5.91 Å². The lowest BCUT2D eigenvalue weighted by Gasteiger charge is -2.05. The number of ether oxygens (including phenoxy) is 1. The zero-order valence-corrected chi connectivity index (χ0v) is 7.79. The molecule has 1 amide bonds. The number of carbonyl (C=O) groups excluding carboxylic acids is 1. The van der Waals surface area contributed by atoms with E-state index in [0.29, 0.717) is 11.6 Å². The van der Waals surface area contributed by atoms with Crippen LogP contribution in [0.5, 0.6) is 5.75 Å². The first-order valence-electron chi connectivity index (χ1n) is 3.78. The van der Waals surface area contributed by atoms with Gasteiger partial charge >= 0.3 is 0 Å². The van der Waals surface area contributed by atoms with Gasteiger partial charge in [-0.3, -0.25) is 4.79 Å². The maximum Gasteiger partial charge on any atom is 0.273 e.